The van der Waals surface area contributed by atoms with Gasteiger partial charge in [0.1, 0.15) is 0 Å². The highest BCUT2D eigenvalue weighted by Gasteiger charge is 2.30. The maximum absolute atomic E-state index is 6.17. The highest BCUT2D eigenvalue weighted by Crippen LogP contribution is 2.34. The van der Waals surface area contributed by atoms with Crippen molar-refractivity contribution in [2.45, 2.75) is 26.8 Å². The summed E-state index contributed by atoms with van der Waals surface area (Å²) < 4.78 is 0. The zero-order chi connectivity index (χ0) is 15.0. The quantitative estimate of drug-likeness (QED) is 0.914. The molecule has 108 valence electrons. The molecule has 0 bridgehead atoms. The van der Waals surface area contributed by atoms with E-state index in [0.717, 1.165) is 5.69 Å². The first-order valence-electron chi connectivity index (χ1n) is 7.30. The van der Waals surface area contributed by atoms with Crippen molar-refractivity contribution < 1.29 is 0 Å². The second-order valence-corrected chi connectivity index (χ2v) is 5.66. The number of para-hydroxylation sites is 1. The molecular formula is C18H21N3. The highest BCUT2D eigenvalue weighted by molar-refractivity contribution is 5.98. The van der Waals surface area contributed by atoms with E-state index < -0.39 is 0 Å². The molecule has 0 radical (unpaired) electrons. The number of rotatable bonds is 2. The van der Waals surface area contributed by atoms with Crippen LogP contribution in [-0.4, -0.2) is 12.5 Å². The molecule has 0 fully saturated rings. The van der Waals surface area contributed by atoms with E-state index in [1.165, 1.54) is 22.3 Å². The van der Waals surface area contributed by atoms with Crippen molar-refractivity contribution in [1.29, 1.82) is 0 Å². The van der Waals surface area contributed by atoms with Crippen LogP contribution in [-0.2, 0) is 0 Å². The molecule has 3 rings (SSSR count). The van der Waals surface area contributed by atoms with E-state index in [9.17, 15) is 0 Å². The third-order valence-electron chi connectivity index (χ3n) is 4.37. The van der Waals surface area contributed by atoms with Crippen LogP contribution < -0.4 is 10.6 Å². The van der Waals surface area contributed by atoms with Gasteiger partial charge in [-0.1, -0.05) is 36.4 Å². The van der Waals surface area contributed by atoms with Crippen molar-refractivity contribution in [3.05, 3.63) is 64.7 Å². The van der Waals surface area contributed by atoms with E-state index in [1.807, 2.05) is 6.07 Å². The van der Waals surface area contributed by atoms with Gasteiger partial charge in [0, 0.05) is 5.69 Å². The molecule has 2 aromatic carbocycles. The van der Waals surface area contributed by atoms with Gasteiger partial charge in [0.25, 0.3) is 0 Å². The van der Waals surface area contributed by atoms with Crippen LogP contribution in [0.5, 0.6) is 0 Å². The predicted octanol–water partition coefficient (Wildman–Crippen LogP) is 3.49. The SMILES string of the molecule is Cc1ccccc1N1C(N)=NCC1c1cccc(C)c1C. The van der Waals surface area contributed by atoms with Gasteiger partial charge < -0.3 is 10.6 Å². The molecular weight excluding hydrogens is 258 g/mol. The largest absolute Gasteiger partial charge is 0.369 e. The van der Waals surface area contributed by atoms with E-state index in [0.29, 0.717) is 12.5 Å². The molecule has 0 spiro atoms. The monoisotopic (exact) mass is 279 g/mol. The lowest BCUT2D eigenvalue weighted by Gasteiger charge is -2.29. The minimum Gasteiger partial charge on any atom is -0.369 e. The molecule has 1 heterocycles. The maximum atomic E-state index is 6.17. The number of guanidine groups is 1. The summed E-state index contributed by atoms with van der Waals surface area (Å²) in [5.74, 6) is 0.607. The van der Waals surface area contributed by atoms with Crippen LogP contribution in [0.25, 0.3) is 0 Å². The first-order chi connectivity index (χ1) is 10.1. The molecule has 3 nitrogen and oxygen atoms in total. The zero-order valence-corrected chi connectivity index (χ0v) is 12.8. The van der Waals surface area contributed by atoms with E-state index in [1.54, 1.807) is 0 Å². The van der Waals surface area contributed by atoms with Crippen LogP contribution in [0.3, 0.4) is 0 Å². The number of hydrogen-bond donors (Lipinski definition) is 1. The number of aryl methyl sites for hydroxylation is 2. The van der Waals surface area contributed by atoms with Crippen LogP contribution in [0.4, 0.5) is 5.69 Å². The standard InChI is InChI=1S/C18H21N3/c1-12-8-6-9-15(14(12)3)17-11-20-18(19)21(17)16-10-5-4-7-13(16)2/h4-10,17H,11H2,1-3H3,(H2,19,20). The third kappa shape index (κ3) is 2.29. The summed E-state index contributed by atoms with van der Waals surface area (Å²) in [5.41, 5.74) is 12.5. The molecule has 0 saturated carbocycles. The van der Waals surface area contributed by atoms with Gasteiger partial charge in [-0.3, -0.25) is 4.99 Å². The molecule has 0 aromatic heterocycles. The van der Waals surface area contributed by atoms with Crippen molar-refractivity contribution >= 4 is 11.6 Å². The Labute approximate surface area is 126 Å². The zero-order valence-electron chi connectivity index (χ0n) is 12.8. The maximum Gasteiger partial charge on any atom is 0.196 e. The van der Waals surface area contributed by atoms with Gasteiger partial charge in [-0.15, -0.1) is 0 Å². The average Bonchev–Trinajstić information content (AvgIpc) is 2.84. The molecule has 1 aliphatic heterocycles. The molecule has 1 unspecified atom stereocenters. The molecule has 21 heavy (non-hydrogen) atoms. The smallest absolute Gasteiger partial charge is 0.196 e. The molecule has 1 aliphatic rings. The van der Waals surface area contributed by atoms with Crippen molar-refractivity contribution in [2.24, 2.45) is 10.7 Å². The Morgan fingerprint density at radius 2 is 1.71 bits per heavy atom. The lowest BCUT2D eigenvalue weighted by molar-refractivity contribution is 0.759. The summed E-state index contributed by atoms with van der Waals surface area (Å²) in [6, 6.07) is 15.0. The second-order valence-electron chi connectivity index (χ2n) is 5.66. The molecule has 2 aromatic rings. The average molecular weight is 279 g/mol. The number of benzene rings is 2. The number of aliphatic imine (C=N–C) groups is 1. The van der Waals surface area contributed by atoms with Crippen molar-refractivity contribution in [3.63, 3.8) is 0 Å². The van der Waals surface area contributed by atoms with E-state index in [-0.39, 0.29) is 6.04 Å². The lowest BCUT2D eigenvalue weighted by atomic mass is 9.96. The third-order valence-corrected chi connectivity index (χ3v) is 4.37. The van der Waals surface area contributed by atoms with E-state index in [2.05, 4.69) is 67.1 Å². The number of anilines is 1. The fourth-order valence-electron chi connectivity index (χ4n) is 2.99. The molecule has 0 amide bonds. The van der Waals surface area contributed by atoms with Crippen LogP contribution in [0.15, 0.2) is 47.5 Å². The topological polar surface area (TPSA) is 41.6 Å². The van der Waals surface area contributed by atoms with Gasteiger partial charge in [-0.2, -0.15) is 0 Å². The predicted molar refractivity (Wildman–Crippen MR) is 88.8 cm³/mol. The van der Waals surface area contributed by atoms with Gasteiger partial charge in [0.05, 0.1) is 12.6 Å². The van der Waals surface area contributed by atoms with Crippen LogP contribution in [0.2, 0.25) is 0 Å². The Hall–Kier alpha value is -2.29. The summed E-state index contributed by atoms with van der Waals surface area (Å²) in [7, 11) is 0. The minimum atomic E-state index is 0.186. The number of hydrogen-bond acceptors (Lipinski definition) is 3. The van der Waals surface area contributed by atoms with E-state index >= 15 is 0 Å². The Kier molecular flexibility index (Phi) is 3.42. The van der Waals surface area contributed by atoms with Gasteiger partial charge in [-0.25, -0.2) is 0 Å². The molecule has 0 aliphatic carbocycles. The van der Waals surface area contributed by atoms with E-state index in [4.69, 9.17) is 5.73 Å². The Balaban J connectivity index is 2.08. The summed E-state index contributed by atoms with van der Waals surface area (Å²) >= 11 is 0. The normalized spacial score (nSPS) is 18.0. The van der Waals surface area contributed by atoms with Gasteiger partial charge >= 0.3 is 0 Å². The second kappa shape index (κ2) is 5.24. The number of nitrogens with zero attached hydrogens (tertiary/aromatic N) is 2. The number of nitrogens with two attached hydrogens (primary N) is 1. The lowest BCUT2D eigenvalue weighted by Crippen LogP contribution is -2.36. The fraction of sp³-hybridized carbons (Fsp3) is 0.278. The highest BCUT2D eigenvalue weighted by atomic mass is 15.3. The van der Waals surface area contributed by atoms with Crippen LogP contribution in [0.1, 0.15) is 28.3 Å². The molecule has 1 atom stereocenters. The van der Waals surface area contributed by atoms with Gasteiger partial charge in [0.15, 0.2) is 5.96 Å². The van der Waals surface area contributed by atoms with Gasteiger partial charge in [0.2, 0.25) is 0 Å². The Bertz CT molecular complexity index is 703. The Morgan fingerprint density at radius 1 is 1.00 bits per heavy atom. The summed E-state index contributed by atoms with van der Waals surface area (Å²) in [5, 5.41) is 0. The molecule has 3 heteroatoms. The first-order valence-corrected chi connectivity index (χ1v) is 7.30. The minimum absolute atomic E-state index is 0.186. The van der Waals surface area contributed by atoms with Gasteiger partial charge in [-0.05, 0) is 49.1 Å². The van der Waals surface area contributed by atoms with Crippen LogP contribution in [0, 0.1) is 20.8 Å². The summed E-state index contributed by atoms with van der Waals surface area (Å²) in [4.78, 5) is 6.65. The fourth-order valence-corrected chi connectivity index (χ4v) is 2.99. The van der Waals surface area contributed by atoms with Crippen molar-refractivity contribution in [3.8, 4) is 0 Å². The summed E-state index contributed by atoms with van der Waals surface area (Å²) in [6.07, 6.45) is 0. The summed E-state index contributed by atoms with van der Waals surface area (Å²) in [6.45, 7) is 7.15. The Morgan fingerprint density at radius 3 is 2.48 bits per heavy atom. The first kappa shape index (κ1) is 13.7. The molecule has 0 saturated heterocycles. The van der Waals surface area contributed by atoms with Crippen LogP contribution >= 0.6 is 0 Å². The molecule has 2 N–H and O–H groups in total. The van der Waals surface area contributed by atoms with Crippen molar-refractivity contribution in [2.75, 3.05) is 11.4 Å². The van der Waals surface area contributed by atoms with Crippen molar-refractivity contribution in [1.82, 2.24) is 0 Å².